The number of hydrogen-bond acceptors (Lipinski definition) is 4. The molecule has 3 aromatic rings. The number of carbonyl (C=O) groups is 1. The van der Waals surface area contributed by atoms with Gasteiger partial charge in [0.15, 0.2) is 5.65 Å². The highest BCUT2D eigenvalue weighted by Crippen LogP contribution is 2.17. The lowest BCUT2D eigenvalue weighted by Crippen LogP contribution is -2.27. The second kappa shape index (κ2) is 5.58. The first-order chi connectivity index (χ1) is 10.6. The molecule has 0 N–H and O–H groups in total. The first-order valence-electron chi connectivity index (χ1n) is 6.37. The van der Waals surface area contributed by atoms with E-state index in [0.29, 0.717) is 22.6 Å². The molecule has 0 fully saturated rings. The lowest BCUT2D eigenvalue weighted by atomic mass is 10.2. The van der Waals surface area contributed by atoms with Crippen LogP contribution in [0.1, 0.15) is 16.1 Å². The van der Waals surface area contributed by atoms with Crippen LogP contribution in [0.25, 0.3) is 5.65 Å². The number of rotatable bonds is 2. The fourth-order valence-corrected chi connectivity index (χ4v) is 2.40. The molecule has 6 nitrogen and oxygen atoms in total. The number of halogens is 1. The number of nitriles is 1. The average molecular weight is 356 g/mol. The number of nitrogens with zero attached hydrogens (tertiary/aromatic N) is 5. The van der Waals surface area contributed by atoms with Crippen LogP contribution in [0, 0.1) is 11.3 Å². The van der Waals surface area contributed by atoms with Gasteiger partial charge < -0.3 is 4.90 Å². The summed E-state index contributed by atoms with van der Waals surface area (Å²) in [6.45, 7) is 0. The van der Waals surface area contributed by atoms with E-state index in [2.05, 4.69) is 25.9 Å². The maximum absolute atomic E-state index is 12.5. The van der Waals surface area contributed by atoms with Gasteiger partial charge in [0, 0.05) is 18.9 Å². The molecule has 0 saturated carbocycles. The molecule has 0 saturated heterocycles. The molecule has 2 heterocycles. The van der Waals surface area contributed by atoms with Gasteiger partial charge in [-0.2, -0.15) is 5.26 Å². The fourth-order valence-electron chi connectivity index (χ4n) is 2.02. The highest BCUT2D eigenvalue weighted by atomic mass is 79.9. The molecule has 0 bridgehead atoms. The van der Waals surface area contributed by atoms with Crippen LogP contribution in [-0.2, 0) is 0 Å². The zero-order chi connectivity index (χ0) is 15.7. The lowest BCUT2D eigenvalue weighted by Gasteiger charge is -2.16. The third-order valence-corrected chi connectivity index (χ3v) is 3.85. The topological polar surface area (TPSA) is 74.3 Å². The second-order valence-corrected chi connectivity index (χ2v) is 5.42. The molecule has 1 amide bonds. The van der Waals surface area contributed by atoms with Gasteiger partial charge in [-0.25, -0.2) is 9.97 Å². The Bertz CT molecular complexity index is 894. The molecule has 0 unspecified atom stereocenters. The second-order valence-electron chi connectivity index (χ2n) is 4.60. The Hall–Kier alpha value is -2.72. The van der Waals surface area contributed by atoms with Gasteiger partial charge >= 0.3 is 0 Å². The van der Waals surface area contributed by atoms with Crippen LogP contribution >= 0.6 is 15.9 Å². The van der Waals surface area contributed by atoms with Crippen molar-refractivity contribution in [2.45, 2.75) is 0 Å². The van der Waals surface area contributed by atoms with Gasteiger partial charge in [-0.05, 0) is 40.2 Å². The number of aromatic nitrogens is 3. The fraction of sp³-hybridized carbons (Fsp3) is 0.0667. The summed E-state index contributed by atoms with van der Waals surface area (Å²) in [4.78, 5) is 22.3. The van der Waals surface area contributed by atoms with E-state index < -0.39 is 0 Å². The molecule has 22 heavy (non-hydrogen) atoms. The number of anilines is 1. The van der Waals surface area contributed by atoms with Crippen molar-refractivity contribution in [1.82, 2.24) is 14.4 Å². The van der Waals surface area contributed by atoms with Gasteiger partial charge in [-0.1, -0.05) is 0 Å². The summed E-state index contributed by atoms with van der Waals surface area (Å²) in [5, 5.41) is 8.81. The minimum absolute atomic E-state index is 0.243. The summed E-state index contributed by atoms with van der Waals surface area (Å²) < 4.78 is 2.49. The minimum Gasteiger partial charge on any atom is -0.310 e. The molecule has 2 aromatic heterocycles. The summed E-state index contributed by atoms with van der Waals surface area (Å²) in [5.74, 6) is -0.243. The molecule has 7 heteroatoms. The Labute approximate surface area is 134 Å². The van der Waals surface area contributed by atoms with Crippen LogP contribution in [0.5, 0.6) is 0 Å². The van der Waals surface area contributed by atoms with Crippen LogP contribution in [0.3, 0.4) is 0 Å². The van der Waals surface area contributed by atoms with Crippen molar-refractivity contribution in [3.05, 3.63) is 58.7 Å². The van der Waals surface area contributed by atoms with Crippen LogP contribution in [0.4, 0.5) is 5.69 Å². The van der Waals surface area contributed by atoms with Crippen LogP contribution in [-0.4, -0.2) is 27.3 Å². The van der Waals surface area contributed by atoms with Gasteiger partial charge in [0.2, 0.25) is 0 Å². The first kappa shape index (κ1) is 14.2. The number of hydrogen-bond donors (Lipinski definition) is 0. The molecular formula is C15H10BrN5O. The summed E-state index contributed by atoms with van der Waals surface area (Å²) >= 11 is 3.37. The summed E-state index contributed by atoms with van der Waals surface area (Å²) in [5.41, 5.74) is 2.20. The van der Waals surface area contributed by atoms with E-state index in [9.17, 15) is 4.79 Å². The monoisotopic (exact) mass is 355 g/mol. The van der Waals surface area contributed by atoms with Crippen molar-refractivity contribution >= 4 is 33.2 Å². The Morgan fingerprint density at radius 3 is 2.68 bits per heavy atom. The molecule has 3 rings (SSSR count). The predicted octanol–water partition coefficient (Wildman–Crippen LogP) is 2.64. The van der Waals surface area contributed by atoms with E-state index in [1.54, 1.807) is 54.3 Å². The third-order valence-electron chi connectivity index (χ3n) is 3.26. The Balaban J connectivity index is 1.93. The van der Waals surface area contributed by atoms with Gasteiger partial charge in [0.05, 0.1) is 24.0 Å². The maximum Gasteiger partial charge on any atom is 0.278 e. The lowest BCUT2D eigenvalue weighted by molar-refractivity contribution is 0.0988. The smallest absolute Gasteiger partial charge is 0.278 e. The molecule has 0 aliphatic heterocycles. The van der Waals surface area contributed by atoms with Gasteiger partial charge in [-0.3, -0.25) is 9.20 Å². The highest BCUT2D eigenvalue weighted by Gasteiger charge is 2.16. The molecule has 0 aliphatic rings. The van der Waals surface area contributed by atoms with Crippen LogP contribution in [0.2, 0.25) is 0 Å². The van der Waals surface area contributed by atoms with Crippen molar-refractivity contribution < 1.29 is 4.79 Å². The van der Waals surface area contributed by atoms with E-state index in [1.807, 2.05) is 6.07 Å². The molecule has 0 radical (unpaired) electrons. The molecule has 0 aliphatic carbocycles. The SMILES string of the molecule is CN(C(=O)c1cn2c(Br)cnc2cn1)c1ccc(C#N)cc1. The van der Waals surface area contributed by atoms with Crippen molar-refractivity contribution in [1.29, 1.82) is 5.26 Å². The van der Waals surface area contributed by atoms with Crippen molar-refractivity contribution in [2.75, 3.05) is 11.9 Å². The van der Waals surface area contributed by atoms with Crippen LogP contribution < -0.4 is 4.90 Å². The van der Waals surface area contributed by atoms with E-state index in [0.717, 1.165) is 4.60 Å². The number of fused-ring (bicyclic) bond motifs is 1. The zero-order valence-electron chi connectivity index (χ0n) is 11.6. The maximum atomic E-state index is 12.5. The van der Waals surface area contributed by atoms with E-state index in [-0.39, 0.29) is 5.91 Å². The molecule has 0 spiro atoms. The Morgan fingerprint density at radius 1 is 1.27 bits per heavy atom. The summed E-state index contributed by atoms with van der Waals surface area (Å²) in [7, 11) is 1.67. The standard InChI is InChI=1S/C15H10BrN5O/c1-20(11-4-2-10(6-17)3-5-11)15(22)12-9-21-13(16)7-19-14(21)8-18-12/h2-5,7-9H,1H3. The minimum atomic E-state index is -0.243. The zero-order valence-corrected chi connectivity index (χ0v) is 13.1. The van der Waals surface area contributed by atoms with E-state index in [4.69, 9.17) is 5.26 Å². The summed E-state index contributed by atoms with van der Waals surface area (Å²) in [6, 6.07) is 8.83. The number of carbonyl (C=O) groups excluding carboxylic acids is 1. The van der Waals surface area contributed by atoms with Gasteiger partial charge in [-0.15, -0.1) is 0 Å². The van der Waals surface area contributed by atoms with E-state index >= 15 is 0 Å². The highest BCUT2D eigenvalue weighted by molar-refractivity contribution is 9.10. The van der Waals surface area contributed by atoms with Crippen LogP contribution in [0.15, 0.2) is 47.5 Å². The third kappa shape index (κ3) is 2.44. The largest absolute Gasteiger partial charge is 0.310 e. The molecule has 108 valence electrons. The Morgan fingerprint density at radius 2 is 2.00 bits per heavy atom. The van der Waals surface area contributed by atoms with E-state index in [1.165, 1.54) is 4.90 Å². The quantitative estimate of drug-likeness (QED) is 0.708. The normalized spacial score (nSPS) is 10.4. The number of benzene rings is 1. The van der Waals surface area contributed by atoms with Crippen molar-refractivity contribution in [3.8, 4) is 6.07 Å². The van der Waals surface area contributed by atoms with Crippen molar-refractivity contribution in [2.24, 2.45) is 0 Å². The Kier molecular flexibility index (Phi) is 3.61. The van der Waals surface area contributed by atoms with Gasteiger partial charge in [0.25, 0.3) is 5.91 Å². The van der Waals surface area contributed by atoms with Gasteiger partial charge in [0.1, 0.15) is 10.3 Å². The molecule has 0 atom stereocenters. The average Bonchev–Trinajstić information content (AvgIpc) is 2.94. The first-order valence-corrected chi connectivity index (χ1v) is 7.16. The predicted molar refractivity (Wildman–Crippen MR) is 84.6 cm³/mol. The molecule has 1 aromatic carbocycles. The van der Waals surface area contributed by atoms with Crippen molar-refractivity contribution in [3.63, 3.8) is 0 Å². The number of amides is 1. The summed E-state index contributed by atoms with van der Waals surface area (Å²) in [6.07, 6.45) is 4.83. The number of imidazole rings is 1. The molecular weight excluding hydrogens is 346 g/mol.